The first-order valence-electron chi connectivity index (χ1n) is 3.54. The molecule has 1 nitrogen and oxygen atoms in total. The minimum absolute atomic E-state index is 0.522. The number of thiol groups is 1. The van der Waals surface area contributed by atoms with Crippen molar-refractivity contribution in [2.24, 2.45) is 0 Å². The molecular weight excluding hydrogens is 132 g/mol. The minimum atomic E-state index is 0.522. The number of rotatable bonds is 1. The molecule has 0 radical (unpaired) electrons. The van der Waals surface area contributed by atoms with Gasteiger partial charge in [-0.05, 0) is 25.7 Å². The molecule has 2 heteroatoms. The van der Waals surface area contributed by atoms with Crippen LogP contribution in [-0.2, 0) is 4.74 Å². The van der Waals surface area contributed by atoms with Crippen molar-refractivity contribution in [1.29, 1.82) is 0 Å². The molecule has 54 valence electrons. The molecule has 0 heterocycles. The molecule has 0 aromatic heterocycles. The third kappa shape index (κ3) is 2.18. The van der Waals surface area contributed by atoms with Crippen molar-refractivity contribution in [2.75, 3.05) is 7.11 Å². The van der Waals surface area contributed by atoms with Crippen LogP contribution in [0.5, 0.6) is 0 Å². The Morgan fingerprint density at radius 1 is 1.22 bits per heavy atom. The van der Waals surface area contributed by atoms with Gasteiger partial charge < -0.3 is 4.74 Å². The van der Waals surface area contributed by atoms with Crippen molar-refractivity contribution in [3.05, 3.63) is 0 Å². The summed E-state index contributed by atoms with van der Waals surface area (Å²) in [7, 11) is 1.80. The first kappa shape index (κ1) is 7.42. The zero-order valence-electron chi connectivity index (χ0n) is 5.84. The molecule has 1 saturated carbocycles. The van der Waals surface area contributed by atoms with E-state index in [1.807, 2.05) is 0 Å². The number of methoxy groups -OCH3 is 1. The van der Waals surface area contributed by atoms with E-state index in [1.165, 1.54) is 25.7 Å². The van der Waals surface area contributed by atoms with Gasteiger partial charge in [-0.3, -0.25) is 0 Å². The molecular formula is C7H14OS. The number of hydrogen-bond acceptors (Lipinski definition) is 2. The van der Waals surface area contributed by atoms with E-state index in [9.17, 15) is 0 Å². The van der Waals surface area contributed by atoms with E-state index in [2.05, 4.69) is 12.6 Å². The second-order valence-electron chi connectivity index (χ2n) is 2.67. The van der Waals surface area contributed by atoms with Gasteiger partial charge in [0.25, 0.3) is 0 Å². The van der Waals surface area contributed by atoms with Crippen molar-refractivity contribution in [3.63, 3.8) is 0 Å². The van der Waals surface area contributed by atoms with E-state index in [0.717, 1.165) is 0 Å². The minimum Gasteiger partial charge on any atom is -0.381 e. The largest absolute Gasteiger partial charge is 0.381 e. The predicted octanol–water partition coefficient (Wildman–Crippen LogP) is 1.87. The second-order valence-corrected chi connectivity index (χ2v) is 3.40. The lowest BCUT2D eigenvalue weighted by atomic mass is 9.97. The Balaban J connectivity index is 2.18. The summed E-state index contributed by atoms with van der Waals surface area (Å²) in [5, 5.41) is 0.636. The molecule has 0 spiro atoms. The van der Waals surface area contributed by atoms with Crippen LogP contribution in [0.4, 0.5) is 0 Å². The van der Waals surface area contributed by atoms with E-state index in [4.69, 9.17) is 4.74 Å². The molecule has 1 fully saturated rings. The summed E-state index contributed by atoms with van der Waals surface area (Å²) in [5.74, 6) is 0. The van der Waals surface area contributed by atoms with E-state index >= 15 is 0 Å². The average molecular weight is 146 g/mol. The molecule has 0 unspecified atom stereocenters. The normalized spacial score (nSPS) is 36.7. The summed E-state index contributed by atoms with van der Waals surface area (Å²) in [6.45, 7) is 0. The quantitative estimate of drug-likeness (QED) is 0.556. The van der Waals surface area contributed by atoms with Gasteiger partial charge in [0.2, 0.25) is 0 Å². The lowest BCUT2D eigenvalue weighted by Crippen LogP contribution is -2.20. The topological polar surface area (TPSA) is 9.23 Å². The van der Waals surface area contributed by atoms with Gasteiger partial charge >= 0.3 is 0 Å². The summed E-state index contributed by atoms with van der Waals surface area (Å²) in [5.41, 5.74) is 0. The summed E-state index contributed by atoms with van der Waals surface area (Å²) in [4.78, 5) is 0. The summed E-state index contributed by atoms with van der Waals surface area (Å²) >= 11 is 4.39. The zero-order valence-corrected chi connectivity index (χ0v) is 6.73. The maximum atomic E-state index is 5.21. The molecule has 0 aliphatic heterocycles. The van der Waals surface area contributed by atoms with Crippen LogP contribution in [0.1, 0.15) is 25.7 Å². The molecule has 0 saturated heterocycles. The highest BCUT2D eigenvalue weighted by Crippen LogP contribution is 2.23. The fraction of sp³-hybridized carbons (Fsp3) is 1.00. The summed E-state index contributed by atoms with van der Waals surface area (Å²) < 4.78 is 5.21. The van der Waals surface area contributed by atoms with Crippen LogP contribution >= 0.6 is 12.6 Å². The van der Waals surface area contributed by atoms with Gasteiger partial charge in [0.05, 0.1) is 6.10 Å². The number of ether oxygens (including phenoxy) is 1. The van der Waals surface area contributed by atoms with Crippen LogP contribution in [0.25, 0.3) is 0 Å². The predicted molar refractivity (Wildman–Crippen MR) is 42.0 cm³/mol. The fourth-order valence-electron chi connectivity index (χ4n) is 1.28. The smallest absolute Gasteiger partial charge is 0.0572 e. The highest BCUT2D eigenvalue weighted by molar-refractivity contribution is 7.80. The van der Waals surface area contributed by atoms with Gasteiger partial charge in [-0.15, -0.1) is 0 Å². The molecule has 0 bridgehead atoms. The molecule has 0 amide bonds. The van der Waals surface area contributed by atoms with Crippen molar-refractivity contribution in [2.45, 2.75) is 37.0 Å². The van der Waals surface area contributed by atoms with Crippen molar-refractivity contribution < 1.29 is 4.74 Å². The maximum absolute atomic E-state index is 5.21. The van der Waals surface area contributed by atoms with Crippen LogP contribution in [0.15, 0.2) is 0 Å². The third-order valence-corrected chi connectivity index (χ3v) is 2.49. The lowest BCUT2D eigenvalue weighted by molar-refractivity contribution is 0.0725. The molecule has 1 aliphatic carbocycles. The standard InChI is InChI=1S/C7H14OS/c1-8-6-2-4-7(9)5-3-6/h6-7,9H,2-5H2,1H3. The molecule has 1 rings (SSSR count). The van der Waals surface area contributed by atoms with Crippen LogP contribution in [0.2, 0.25) is 0 Å². The summed E-state index contributed by atoms with van der Waals surface area (Å²) in [6, 6.07) is 0. The van der Waals surface area contributed by atoms with Crippen molar-refractivity contribution in [1.82, 2.24) is 0 Å². The Morgan fingerprint density at radius 3 is 2.22 bits per heavy atom. The van der Waals surface area contributed by atoms with Gasteiger partial charge in [0, 0.05) is 12.4 Å². The molecule has 0 aromatic carbocycles. The Labute approximate surface area is 62.2 Å². The molecule has 0 atom stereocenters. The van der Waals surface area contributed by atoms with Gasteiger partial charge in [-0.1, -0.05) is 0 Å². The number of hydrogen-bond donors (Lipinski definition) is 1. The van der Waals surface area contributed by atoms with Crippen LogP contribution in [-0.4, -0.2) is 18.5 Å². The summed E-state index contributed by atoms with van der Waals surface area (Å²) in [6.07, 6.45) is 5.37. The molecule has 0 aromatic rings. The molecule has 9 heavy (non-hydrogen) atoms. The van der Waals surface area contributed by atoms with Crippen LogP contribution in [0, 0.1) is 0 Å². The van der Waals surface area contributed by atoms with Crippen LogP contribution < -0.4 is 0 Å². The van der Waals surface area contributed by atoms with Gasteiger partial charge in [0.15, 0.2) is 0 Å². The second kappa shape index (κ2) is 3.47. The Morgan fingerprint density at radius 2 is 1.78 bits per heavy atom. The maximum Gasteiger partial charge on any atom is 0.0572 e. The third-order valence-electron chi connectivity index (χ3n) is 1.98. The highest BCUT2D eigenvalue weighted by Gasteiger charge is 2.17. The fourth-order valence-corrected chi connectivity index (χ4v) is 1.58. The van der Waals surface area contributed by atoms with Crippen molar-refractivity contribution >= 4 is 12.6 Å². The SMILES string of the molecule is COC1CCC(S)CC1. The Bertz CT molecular complexity index is 77.0. The van der Waals surface area contributed by atoms with Crippen LogP contribution in [0.3, 0.4) is 0 Å². The van der Waals surface area contributed by atoms with Gasteiger partial charge in [-0.25, -0.2) is 0 Å². The first-order chi connectivity index (χ1) is 4.33. The highest BCUT2D eigenvalue weighted by atomic mass is 32.1. The van der Waals surface area contributed by atoms with Crippen molar-refractivity contribution in [3.8, 4) is 0 Å². The van der Waals surface area contributed by atoms with E-state index in [-0.39, 0.29) is 0 Å². The lowest BCUT2D eigenvalue weighted by Gasteiger charge is -2.23. The Hall–Kier alpha value is 0.310. The monoisotopic (exact) mass is 146 g/mol. The van der Waals surface area contributed by atoms with E-state index in [0.29, 0.717) is 11.4 Å². The zero-order chi connectivity index (χ0) is 6.69. The molecule has 0 N–H and O–H groups in total. The van der Waals surface area contributed by atoms with Gasteiger partial charge in [0.1, 0.15) is 0 Å². The van der Waals surface area contributed by atoms with E-state index < -0.39 is 0 Å². The first-order valence-corrected chi connectivity index (χ1v) is 4.05. The molecule has 1 aliphatic rings. The van der Waals surface area contributed by atoms with Gasteiger partial charge in [-0.2, -0.15) is 12.6 Å². The van der Waals surface area contributed by atoms with E-state index in [1.54, 1.807) is 7.11 Å². The Kier molecular flexibility index (Phi) is 2.86. The average Bonchev–Trinajstić information content (AvgIpc) is 1.90.